The van der Waals surface area contributed by atoms with E-state index in [2.05, 4.69) is 9.97 Å². The Morgan fingerprint density at radius 2 is 2.39 bits per heavy atom. The molecule has 0 bridgehead atoms. The maximum atomic E-state index is 11.4. The maximum absolute atomic E-state index is 11.4. The van der Waals surface area contributed by atoms with Gasteiger partial charge < -0.3 is 14.7 Å². The summed E-state index contributed by atoms with van der Waals surface area (Å²) in [5.74, 6) is 0.259. The molecule has 1 saturated heterocycles. The Bertz CT molecular complexity index is 452. The first-order valence-electron chi connectivity index (χ1n) is 6.04. The Morgan fingerprint density at radius 3 is 3.06 bits per heavy atom. The van der Waals surface area contributed by atoms with Gasteiger partial charge >= 0.3 is 5.97 Å². The van der Waals surface area contributed by atoms with E-state index in [1.54, 1.807) is 17.9 Å². The molecule has 1 atom stereocenters. The largest absolute Gasteiger partial charge is 0.480 e. The first-order chi connectivity index (χ1) is 8.58. The summed E-state index contributed by atoms with van der Waals surface area (Å²) >= 11 is 0. The second-order valence-corrected chi connectivity index (χ2v) is 4.48. The van der Waals surface area contributed by atoms with Crippen molar-refractivity contribution < 1.29 is 14.6 Å². The molecule has 1 aromatic heterocycles. The molecule has 0 radical (unpaired) electrons. The minimum atomic E-state index is -0.891. The van der Waals surface area contributed by atoms with Gasteiger partial charge in [-0.3, -0.25) is 0 Å². The summed E-state index contributed by atoms with van der Waals surface area (Å²) in [5.41, 5.74) is -0.891. The molecular weight excluding hydrogens is 234 g/mol. The Kier molecular flexibility index (Phi) is 3.36. The molecule has 6 nitrogen and oxygen atoms in total. The highest BCUT2D eigenvalue weighted by molar-refractivity contribution is 5.83. The molecule has 1 fully saturated rings. The standard InChI is InChI=1S/C12H17N3O3/c1-3-18-10-7-9(13-8-14-10)15-6-4-5-12(15,2)11(16)17/h7-8H,3-6H2,1-2H3,(H,16,17). The van der Waals surface area contributed by atoms with Gasteiger partial charge in [-0.2, -0.15) is 0 Å². The number of carboxylic acids is 1. The lowest BCUT2D eigenvalue weighted by Crippen LogP contribution is -2.48. The average molecular weight is 251 g/mol. The molecule has 1 aliphatic heterocycles. The molecule has 1 aromatic rings. The number of aliphatic carboxylic acids is 1. The van der Waals surface area contributed by atoms with Gasteiger partial charge in [0.1, 0.15) is 17.7 Å². The predicted octanol–water partition coefficient (Wildman–Crippen LogP) is 1.32. The fourth-order valence-electron chi connectivity index (χ4n) is 2.26. The van der Waals surface area contributed by atoms with Gasteiger partial charge in [0.05, 0.1) is 6.61 Å². The normalized spacial score (nSPS) is 23.1. The number of hydrogen-bond donors (Lipinski definition) is 1. The molecule has 0 amide bonds. The van der Waals surface area contributed by atoms with Crippen molar-refractivity contribution in [1.29, 1.82) is 0 Å². The van der Waals surface area contributed by atoms with E-state index in [9.17, 15) is 9.90 Å². The molecular formula is C12H17N3O3. The molecule has 0 aromatic carbocycles. The predicted molar refractivity (Wildman–Crippen MR) is 65.8 cm³/mol. The molecule has 98 valence electrons. The Labute approximate surface area is 106 Å². The minimum absolute atomic E-state index is 0.474. The van der Waals surface area contributed by atoms with E-state index in [0.717, 1.165) is 6.42 Å². The third kappa shape index (κ3) is 2.10. The number of carbonyl (C=O) groups is 1. The van der Waals surface area contributed by atoms with Crippen molar-refractivity contribution >= 4 is 11.8 Å². The monoisotopic (exact) mass is 251 g/mol. The number of anilines is 1. The fourth-order valence-corrected chi connectivity index (χ4v) is 2.26. The Balaban J connectivity index is 2.30. The number of ether oxygens (including phenoxy) is 1. The van der Waals surface area contributed by atoms with E-state index < -0.39 is 11.5 Å². The number of nitrogens with zero attached hydrogens (tertiary/aromatic N) is 3. The molecule has 2 rings (SSSR count). The van der Waals surface area contributed by atoms with Crippen LogP contribution in [0.4, 0.5) is 5.82 Å². The van der Waals surface area contributed by atoms with Crippen LogP contribution in [-0.2, 0) is 4.79 Å². The smallest absolute Gasteiger partial charge is 0.329 e. The second kappa shape index (κ2) is 4.80. The minimum Gasteiger partial charge on any atom is -0.480 e. The van der Waals surface area contributed by atoms with Crippen LogP contribution in [0, 0.1) is 0 Å². The SMILES string of the molecule is CCOc1cc(N2CCCC2(C)C(=O)O)ncn1. The summed E-state index contributed by atoms with van der Waals surface area (Å²) in [4.78, 5) is 21.3. The van der Waals surface area contributed by atoms with E-state index in [1.807, 2.05) is 6.92 Å². The highest BCUT2D eigenvalue weighted by atomic mass is 16.5. The van der Waals surface area contributed by atoms with Crippen LogP contribution >= 0.6 is 0 Å². The zero-order valence-electron chi connectivity index (χ0n) is 10.6. The van der Waals surface area contributed by atoms with E-state index in [-0.39, 0.29) is 0 Å². The van der Waals surface area contributed by atoms with Crippen molar-refractivity contribution in [3.63, 3.8) is 0 Å². The summed E-state index contributed by atoms with van der Waals surface area (Å²) in [5, 5.41) is 9.36. The van der Waals surface area contributed by atoms with Gasteiger partial charge in [-0.25, -0.2) is 14.8 Å². The number of carboxylic acid groups (broad SMARTS) is 1. The summed E-state index contributed by atoms with van der Waals surface area (Å²) in [6, 6.07) is 1.69. The van der Waals surface area contributed by atoms with Crippen molar-refractivity contribution in [3.8, 4) is 5.88 Å². The first-order valence-corrected chi connectivity index (χ1v) is 6.04. The van der Waals surface area contributed by atoms with Gasteiger partial charge in [0.2, 0.25) is 5.88 Å². The molecule has 0 spiro atoms. The van der Waals surface area contributed by atoms with Crippen LogP contribution in [0.1, 0.15) is 26.7 Å². The summed E-state index contributed by atoms with van der Waals surface area (Å²) in [7, 11) is 0. The molecule has 1 N–H and O–H groups in total. The van der Waals surface area contributed by atoms with Crippen LogP contribution < -0.4 is 9.64 Å². The topological polar surface area (TPSA) is 75.5 Å². The third-order valence-electron chi connectivity index (χ3n) is 3.30. The maximum Gasteiger partial charge on any atom is 0.329 e. The first kappa shape index (κ1) is 12.6. The summed E-state index contributed by atoms with van der Waals surface area (Å²) in [6.07, 6.45) is 2.87. The molecule has 6 heteroatoms. The van der Waals surface area contributed by atoms with E-state index in [1.165, 1.54) is 6.33 Å². The van der Waals surface area contributed by atoms with Crippen LogP contribution in [0.25, 0.3) is 0 Å². The molecule has 1 unspecified atom stereocenters. The molecule has 0 saturated carbocycles. The van der Waals surface area contributed by atoms with Gasteiger partial charge in [-0.1, -0.05) is 0 Å². The van der Waals surface area contributed by atoms with E-state index in [0.29, 0.717) is 31.3 Å². The van der Waals surface area contributed by atoms with Crippen LogP contribution in [0.5, 0.6) is 5.88 Å². The lowest BCUT2D eigenvalue weighted by Gasteiger charge is -2.32. The molecule has 0 aliphatic carbocycles. The molecule has 2 heterocycles. The average Bonchev–Trinajstić information content (AvgIpc) is 2.74. The summed E-state index contributed by atoms with van der Waals surface area (Å²) < 4.78 is 5.31. The van der Waals surface area contributed by atoms with Crippen molar-refractivity contribution in [3.05, 3.63) is 12.4 Å². The van der Waals surface area contributed by atoms with Crippen LogP contribution in [0.3, 0.4) is 0 Å². The van der Waals surface area contributed by atoms with Gasteiger partial charge in [-0.05, 0) is 26.7 Å². The van der Waals surface area contributed by atoms with E-state index in [4.69, 9.17) is 4.74 Å². The van der Waals surface area contributed by atoms with Crippen molar-refractivity contribution in [1.82, 2.24) is 9.97 Å². The number of hydrogen-bond acceptors (Lipinski definition) is 5. The van der Waals surface area contributed by atoms with Crippen molar-refractivity contribution in [2.24, 2.45) is 0 Å². The number of aromatic nitrogens is 2. The molecule has 1 aliphatic rings. The lowest BCUT2D eigenvalue weighted by molar-refractivity contribution is -0.142. The van der Waals surface area contributed by atoms with Gasteiger partial charge in [0.15, 0.2) is 0 Å². The van der Waals surface area contributed by atoms with Gasteiger partial charge in [0, 0.05) is 12.6 Å². The third-order valence-corrected chi connectivity index (χ3v) is 3.30. The zero-order chi connectivity index (χ0) is 13.2. The molecule has 18 heavy (non-hydrogen) atoms. The lowest BCUT2D eigenvalue weighted by atomic mass is 9.99. The van der Waals surface area contributed by atoms with E-state index >= 15 is 0 Å². The number of rotatable bonds is 4. The van der Waals surface area contributed by atoms with Crippen molar-refractivity contribution in [2.75, 3.05) is 18.1 Å². The Morgan fingerprint density at radius 1 is 1.61 bits per heavy atom. The highest BCUT2D eigenvalue weighted by Gasteiger charge is 2.44. The summed E-state index contributed by atoms with van der Waals surface area (Å²) in [6.45, 7) is 4.81. The fraction of sp³-hybridized carbons (Fsp3) is 0.583. The zero-order valence-corrected chi connectivity index (χ0v) is 10.6. The van der Waals surface area contributed by atoms with Crippen LogP contribution in [0.2, 0.25) is 0 Å². The van der Waals surface area contributed by atoms with Gasteiger partial charge in [-0.15, -0.1) is 0 Å². The Hall–Kier alpha value is -1.85. The van der Waals surface area contributed by atoms with Crippen molar-refractivity contribution in [2.45, 2.75) is 32.2 Å². The van der Waals surface area contributed by atoms with Crippen LogP contribution in [-0.4, -0.2) is 39.7 Å². The van der Waals surface area contributed by atoms with Crippen LogP contribution in [0.15, 0.2) is 12.4 Å². The quantitative estimate of drug-likeness (QED) is 0.869. The van der Waals surface area contributed by atoms with Gasteiger partial charge in [0.25, 0.3) is 0 Å². The highest BCUT2D eigenvalue weighted by Crippen LogP contribution is 2.33. The second-order valence-electron chi connectivity index (χ2n) is 4.48.